The van der Waals surface area contributed by atoms with E-state index in [0.29, 0.717) is 6.42 Å². The summed E-state index contributed by atoms with van der Waals surface area (Å²) in [4.78, 5) is 0. The average molecular weight is 228 g/mol. The maximum atomic E-state index is 9.38. The second-order valence-electron chi connectivity index (χ2n) is 4.22. The van der Waals surface area contributed by atoms with Crippen molar-refractivity contribution in [3.05, 3.63) is 35.9 Å². The molecule has 2 nitrogen and oxygen atoms in total. The second kappa shape index (κ2) is 6.63. The van der Waals surface area contributed by atoms with Crippen molar-refractivity contribution in [2.24, 2.45) is 0 Å². The largest absolute Gasteiger partial charge is 0.433 e. The number of rotatable bonds is 2. The molecule has 0 saturated carbocycles. The van der Waals surface area contributed by atoms with Crippen molar-refractivity contribution in [1.29, 1.82) is 0 Å². The van der Waals surface area contributed by atoms with E-state index in [-0.39, 0.29) is 6.61 Å². The quantitative estimate of drug-likeness (QED) is 0.621. The molecule has 0 atom stereocenters. The van der Waals surface area contributed by atoms with E-state index >= 15 is 0 Å². The summed E-state index contributed by atoms with van der Waals surface area (Å²) in [6.45, 7) is 3.68. The first kappa shape index (κ1) is 13.2. The summed E-state index contributed by atoms with van der Waals surface area (Å²) in [6.07, 6.45) is 2.90. The van der Waals surface area contributed by atoms with Crippen LogP contribution in [0.1, 0.15) is 25.8 Å². The van der Waals surface area contributed by atoms with Gasteiger partial charge in [-0.15, -0.1) is 0 Å². The topological polar surface area (TPSA) is 29.5 Å². The highest BCUT2D eigenvalue weighted by molar-refractivity contribution is 5.33. The highest BCUT2D eigenvalue weighted by atomic mass is 16.5. The van der Waals surface area contributed by atoms with Gasteiger partial charge in [0.2, 0.25) is 0 Å². The molecule has 0 aliphatic carbocycles. The summed E-state index contributed by atoms with van der Waals surface area (Å²) in [5.41, 5.74) is 0.187. The summed E-state index contributed by atoms with van der Waals surface area (Å²) < 4.78 is 5.00. The molecule has 0 amide bonds. The fourth-order valence-corrected chi connectivity index (χ4v) is 1.04. The molecule has 1 aromatic rings. The van der Waals surface area contributed by atoms with Gasteiger partial charge in [-0.3, -0.25) is 0 Å². The summed E-state index contributed by atoms with van der Waals surface area (Å²) in [7, 11) is 0. The molecule has 0 aliphatic heterocycles. The molecular formula is C15H16O2. The first-order chi connectivity index (χ1) is 8.08. The SMILES string of the molecule is CC(C)(O)CC#COCC#Cc1ccccc1. The lowest BCUT2D eigenvalue weighted by atomic mass is 10.1. The number of benzene rings is 1. The average Bonchev–Trinajstić information content (AvgIpc) is 2.28. The third kappa shape index (κ3) is 7.06. The summed E-state index contributed by atoms with van der Waals surface area (Å²) in [5.74, 6) is 8.56. The van der Waals surface area contributed by atoms with Crippen LogP contribution in [0, 0.1) is 23.9 Å². The Morgan fingerprint density at radius 1 is 1.18 bits per heavy atom. The molecule has 0 aliphatic rings. The predicted octanol–water partition coefficient (Wildman–Crippen LogP) is 2.18. The van der Waals surface area contributed by atoms with Gasteiger partial charge < -0.3 is 9.84 Å². The van der Waals surface area contributed by atoms with Crippen LogP contribution in [0.3, 0.4) is 0 Å². The van der Waals surface area contributed by atoms with Gasteiger partial charge in [-0.25, -0.2) is 0 Å². The highest BCUT2D eigenvalue weighted by Crippen LogP contribution is 2.04. The Morgan fingerprint density at radius 2 is 1.88 bits per heavy atom. The van der Waals surface area contributed by atoms with Crippen molar-refractivity contribution in [2.75, 3.05) is 6.61 Å². The first-order valence-corrected chi connectivity index (χ1v) is 5.44. The van der Waals surface area contributed by atoms with Gasteiger partial charge in [0.1, 0.15) is 6.11 Å². The summed E-state index contributed by atoms with van der Waals surface area (Å²) in [6, 6.07) is 9.70. The molecule has 0 unspecified atom stereocenters. The number of hydrogen-bond acceptors (Lipinski definition) is 2. The molecule has 1 N–H and O–H groups in total. The molecule has 0 aromatic heterocycles. The Bertz CT molecular complexity index is 447. The van der Waals surface area contributed by atoms with Gasteiger partial charge in [0.15, 0.2) is 6.61 Å². The normalized spacial score (nSPS) is 9.59. The monoisotopic (exact) mass is 228 g/mol. The molecule has 17 heavy (non-hydrogen) atoms. The fraction of sp³-hybridized carbons (Fsp3) is 0.333. The van der Waals surface area contributed by atoms with Gasteiger partial charge in [-0.1, -0.05) is 36.0 Å². The van der Waals surface area contributed by atoms with Crippen molar-refractivity contribution >= 4 is 0 Å². The Morgan fingerprint density at radius 3 is 2.53 bits per heavy atom. The van der Waals surface area contributed by atoms with Crippen LogP contribution in [0.2, 0.25) is 0 Å². The summed E-state index contributed by atoms with van der Waals surface area (Å²) in [5, 5.41) is 9.38. The highest BCUT2D eigenvalue weighted by Gasteiger charge is 2.08. The van der Waals surface area contributed by atoms with Gasteiger partial charge in [-0.05, 0) is 26.0 Å². The van der Waals surface area contributed by atoms with Crippen molar-refractivity contribution in [3.8, 4) is 23.9 Å². The van der Waals surface area contributed by atoms with Crippen LogP contribution in [0.25, 0.3) is 0 Å². The van der Waals surface area contributed by atoms with E-state index in [1.54, 1.807) is 13.8 Å². The van der Waals surface area contributed by atoms with Crippen LogP contribution >= 0.6 is 0 Å². The van der Waals surface area contributed by atoms with Gasteiger partial charge in [0, 0.05) is 12.0 Å². The maximum Gasteiger partial charge on any atom is 0.161 e. The van der Waals surface area contributed by atoms with Crippen molar-refractivity contribution < 1.29 is 9.84 Å². The number of ether oxygens (including phenoxy) is 1. The fourth-order valence-electron chi connectivity index (χ4n) is 1.04. The Labute approximate surface area is 103 Å². The maximum absolute atomic E-state index is 9.38. The molecule has 0 fully saturated rings. The minimum atomic E-state index is -0.772. The number of hydrogen-bond donors (Lipinski definition) is 1. The molecule has 1 rings (SSSR count). The standard InChI is InChI=1S/C15H16O2/c1-15(2,16)11-7-13-17-12-6-10-14-8-4-3-5-9-14/h3-5,8-9,16H,11-12H2,1-2H3. The van der Waals surface area contributed by atoms with E-state index in [1.165, 1.54) is 0 Å². The van der Waals surface area contributed by atoms with Crippen LogP contribution in [-0.2, 0) is 4.74 Å². The number of aliphatic hydroxyl groups is 1. The van der Waals surface area contributed by atoms with E-state index < -0.39 is 5.60 Å². The van der Waals surface area contributed by atoms with Gasteiger partial charge in [0.25, 0.3) is 0 Å². The van der Waals surface area contributed by atoms with E-state index in [2.05, 4.69) is 23.9 Å². The molecule has 0 radical (unpaired) electrons. The van der Waals surface area contributed by atoms with Crippen LogP contribution < -0.4 is 0 Å². The minimum absolute atomic E-state index is 0.272. The van der Waals surface area contributed by atoms with E-state index in [1.807, 2.05) is 30.3 Å². The van der Waals surface area contributed by atoms with Gasteiger partial charge in [0.05, 0.1) is 5.60 Å². The Kier molecular flexibility index (Phi) is 5.14. The van der Waals surface area contributed by atoms with E-state index in [9.17, 15) is 5.11 Å². The smallest absolute Gasteiger partial charge is 0.161 e. The van der Waals surface area contributed by atoms with Crippen molar-refractivity contribution in [2.45, 2.75) is 25.9 Å². The van der Waals surface area contributed by atoms with Gasteiger partial charge >= 0.3 is 0 Å². The molecule has 2 heteroatoms. The third-order valence-corrected chi connectivity index (χ3v) is 1.82. The minimum Gasteiger partial charge on any atom is -0.433 e. The summed E-state index contributed by atoms with van der Waals surface area (Å²) >= 11 is 0. The lowest BCUT2D eigenvalue weighted by Gasteiger charge is -2.11. The van der Waals surface area contributed by atoms with Crippen LogP contribution in [0.4, 0.5) is 0 Å². The van der Waals surface area contributed by atoms with E-state index in [0.717, 1.165) is 5.56 Å². The zero-order valence-electron chi connectivity index (χ0n) is 10.2. The zero-order chi connectivity index (χ0) is 12.6. The Hall–Kier alpha value is -1.90. The zero-order valence-corrected chi connectivity index (χ0v) is 10.2. The second-order valence-corrected chi connectivity index (χ2v) is 4.22. The lowest BCUT2D eigenvalue weighted by Crippen LogP contribution is -2.16. The van der Waals surface area contributed by atoms with Crippen molar-refractivity contribution in [3.63, 3.8) is 0 Å². The van der Waals surface area contributed by atoms with Crippen molar-refractivity contribution in [1.82, 2.24) is 0 Å². The third-order valence-electron chi connectivity index (χ3n) is 1.82. The lowest BCUT2D eigenvalue weighted by molar-refractivity contribution is 0.0859. The molecule has 1 aromatic carbocycles. The molecule has 88 valence electrons. The van der Waals surface area contributed by atoms with Crippen LogP contribution in [-0.4, -0.2) is 17.3 Å². The van der Waals surface area contributed by atoms with E-state index in [4.69, 9.17) is 4.74 Å². The van der Waals surface area contributed by atoms with Gasteiger partial charge in [-0.2, -0.15) is 0 Å². The molecular weight excluding hydrogens is 212 g/mol. The van der Waals surface area contributed by atoms with Crippen LogP contribution in [0.5, 0.6) is 0 Å². The predicted molar refractivity (Wildman–Crippen MR) is 68.0 cm³/mol. The van der Waals surface area contributed by atoms with Crippen LogP contribution in [0.15, 0.2) is 30.3 Å². The first-order valence-electron chi connectivity index (χ1n) is 5.44. The Balaban J connectivity index is 2.28. The molecule has 0 heterocycles. The molecule has 0 saturated heterocycles. The molecule has 0 spiro atoms. The molecule has 0 bridgehead atoms.